The van der Waals surface area contributed by atoms with Crippen molar-refractivity contribution >= 4 is 64.8 Å². The predicted octanol–water partition coefficient (Wildman–Crippen LogP) is 3.57. The van der Waals surface area contributed by atoms with E-state index in [0.717, 1.165) is 31.8 Å². The summed E-state index contributed by atoms with van der Waals surface area (Å²) in [7, 11) is -2.84. The number of carbonyl (C=O) groups is 2. The highest BCUT2D eigenvalue weighted by Gasteiger charge is 2.57. The summed E-state index contributed by atoms with van der Waals surface area (Å²) in [6.45, 7) is 1.96. The van der Waals surface area contributed by atoms with Crippen LogP contribution in [0.1, 0.15) is 37.4 Å². The number of aromatic nitrogens is 1. The highest BCUT2D eigenvalue weighted by molar-refractivity contribution is 9.10. The number of anilines is 1. The van der Waals surface area contributed by atoms with Crippen molar-refractivity contribution in [1.82, 2.24) is 4.98 Å². The van der Waals surface area contributed by atoms with Gasteiger partial charge in [-0.15, -0.1) is 0 Å². The number of allylic oxidation sites excluding steroid dienone is 2. The molecule has 2 fully saturated rings. The number of hydrogen-bond acceptors (Lipinski definition) is 8. The lowest BCUT2D eigenvalue weighted by atomic mass is 9.58. The molecule has 3 aliphatic rings. The number of carbonyl (C=O) groups excluding carboxylic acids is 2. The Morgan fingerprint density at radius 3 is 2.68 bits per heavy atom. The first kappa shape index (κ1) is 30.5. The Morgan fingerprint density at radius 1 is 1.11 bits per heavy atom. The average Bonchev–Trinajstić information content (AvgIpc) is 3.25. The molecule has 2 saturated heterocycles. The molecule has 3 aromatic rings. The van der Waals surface area contributed by atoms with Crippen LogP contribution in [0.5, 0.6) is 5.75 Å². The number of pyridine rings is 1. The van der Waals surface area contributed by atoms with Crippen molar-refractivity contribution in [2.24, 2.45) is 17.8 Å². The van der Waals surface area contributed by atoms with E-state index in [1.807, 2.05) is 37.3 Å². The zero-order chi connectivity index (χ0) is 31.1. The van der Waals surface area contributed by atoms with Crippen molar-refractivity contribution in [2.75, 3.05) is 4.90 Å². The van der Waals surface area contributed by atoms with Gasteiger partial charge in [-0.2, -0.15) is 0 Å². The Kier molecular flexibility index (Phi) is 8.63. The molecule has 4 atom stereocenters. The molecule has 4 N–H and O–H groups in total. The molecular weight excluding hydrogens is 626 g/mol. The third-order valence-electron chi connectivity index (χ3n) is 8.87. The molecule has 2 amide bonds. The maximum absolute atomic E-state index is 13.9. The molecule has 0 bridgehead atoms. The van der Waals surface area contributed by atoms with E-state index in [-0.39, 0.29) is 35.3 Å². The first-order valence-corrected chi connectivity index (χ1v) is 15.4. The number of amides is 2. The summed E-state index contributed by atoms with van der Waals surface area (Å²) < 4.78 is 6.92. The molecule has 6 rings (SSSR count). The van der Waals surface area contributed by atoms with Crippen LogP contribution in [0.4, 0.5) is 5.69 Å². The fraction of sp³-hybridized carbons (Fsp3) is 0.281. The van der Waals surface area contributed by atoms with Gasteiger partial charge in [-0.1, -0.05) is 39.7 Å². The molecule has 1 aliphatic carbocycles. The topological polar surface area (TPSA) is 140 Å². The van der Waals surface area contributed by atoms with E-state index < -0.39 is 32.2 Å². The van der Waals surface area contributed by atoms with Gasteiger partial charge in [-0.05, 0) is 104 Å². The second-order valence-electron chi connectivity index (χ2n) is 11.6. The van der Waals surface area contributed by atoms with Gasteiger partial charge in [-0.3, -0.25) is 19.5 Å². The lowest BCUT2D eigenvalue weighted by molar-refractivity contribution is -0.122. The molecule has 2 aromatic carbocycles. The lowest BCUT2D eigenvalue weighted by Gasteiger charge is -2.42. The van der Waals surface area contributed by atoms with Crippen molar-refractivity contribution < 1.29 is 34.4 Å². The van der Waals surface area contributed by atoms with Crippen LogP contribution >= 0.6 is 15.9 Å². The largest absolute Gasteiger partial charge is 0.507 e. The number of phenols is 1. The standard InChI is InChI=1S/C32H31B2BrN2O7/c1-18-13-24-30(32(40)37(31(24)39)23-6-4-5-21(16-23)34(42)43)25-17-33(41)44-28(29(18)25)11-8-19(26-7-2-3-12-36-26)14-20-15-22(35)9-10-27(20)38/h2-7,9-10,12,14-16,24-25,28,30,38,41-43H,8,11,13,17H2,1H3/b19-14-/t24-,25+,28-,30-/m1/s1. The highest BCUT2D eigenvalue weighted by Crippen LogP contribution is 2.51. The fourth-order valence-corrected chi connectivity index (χ4v) is 7.32. The summed E-state index contributed by atoms with van der Waals surface area (Å²) in [5.74, 6) is -2.16. The molecule has 224 valence electrons. The Labute approximate surface area is 264 Å². The number of imide groups is 1. The monoisotopic (exact) mass is 656 g/mol. The summed E-state index contributed by atoms with van der Waals surface area (Å²) >= 11 is 3.47. The number of aromatic hydroxyl groups is 1. The molecule has 0 spiro atoms. The van der Waals surface area contributed by atoms with Crippen LogP contribution in [0, 0.1) is 17.8 Å². The number of benzene rings is 2. The van der Waals surface area contributed by atoms with Crippen molar-refractivity contribution in [3.8, 4) is 5.75 Å². The van der Waals surface area contributed by atoms with Gasteiger partial charge in [0.05, 0.1) is 29.3 Å². The minimum absolute atomic E-state index is 0.135. The molecule has 44 heavy (non-hydrogen) atoms. The number of nitrogens with zero attached hydrogens (tertiary/aromatic N) is 2. The Bertz CT molecular complexity index is 1670. The van der Waals surface area contributed by atoms with E-state index in [2.05, 4.69) is 20.9 Å². The molecule has 0 saturated carbocycles. The maximum atomic E-state index is 13.9. The van der Waals surface area contributed by atoms with Crippen LogP contribution in [0.15, 0.2) is 82.5 Å². The van der Waals surface area contributed by atoms with Crippen molar-refractivity contribution in [1.29, 1.82) is 0 Å². The van der Waals surface area contributed by atoms with Gasteiger partial charge in [0.15, 0.2) is 0 Å². The quantitative estimate of drug-likeness (QED) is 0.172. The molecular formula is C32H31B2BrN2O7. The Hall–Kier alpha value is -3.54. The minimum atomic E-state index is -1.73. The summed E-state index contributed by atoms with van der Waals surface area (Å²) in [6.07, 6.45) is 4.69. The Balaban J connectivity index is 1.30. The first-order valence-electron chi connectivity index (χ1n) is 14.6. The van der Waals surface area contributed by atoms with Crippen LogP contribution in [-0.4, -0.2) is 57.3 Å². The van der Waals surface area contributed by atoms with E-state index in [1.165, 1.54) is 12.1 Å². The minimum Gasteiger partial charge on any atom is -0.507 e. The molecule has 0 radical (unpaired) electrons. The number of fused-ring (bicyclic) bond motifs is 3. The average molecular weight is 657 g/mol. The molecule has 12 heteroatoms. The van der Waals surface area contributed by atoms with Crippen molar-refractivity contribution in [3.05, 3.63) is 93.7 Å². The van der Waals surface area contributed by atoms with Crippen LogP contribution in [0.3, 0.4) is 0 Å². The van der Waals surface area contributed by atoms with Gasteiger partial charge < -0.3 is 24.8 Å². The number of hydrogen-bond donors (Lipinski definition) is 4. The van der Waals surface area contributed by atoms with E-state index in [9.17, 15) is 29.8 Å². The second-order valence-corrected chi connectivity index (χ2v) is 12.5. The number of rotatable bonds is 7. The normalized spacial score (nSPS) is 23.6. The predicted molar refractivity (Wildman–Crippen MR) is 171 cm³/mol. The number of phenolic OH excluding ortho intramolecular Hbond substituents is 1. The second kappa shape index (κ2) is 12.5. The molecule has 3 heterocycles. The maximum Gasteiger partial charge on any atom is 0.488 e. The first-order chi connectivity index (χ1) is 21.1. The van der Waals surface area contributed by atoms with Gasteiger partial charge in [0.2, 0.25) is 11.8 Å². The van der Waals surface area contributed by atoms with Crippen molar-refractivity contribution in [3.63, 3.8) is 0 Å². The van der Waals surface area contributed by atoms with E-state index in [4.69, 9.17) is 4.65 Å². The van der Waals surface area contributed by atoms with Crippen molar-refractivity contribution in [2.45, 2.75) is 38.6 Å². The summed E-state index contributed by atoms with van der Waals surface area (Å²) in [5.41, 5.74) is 4.65. The smallest absolute Gasteiger partial charge is 0.488 e. The SMILES string of the molecule is CC1=C2[C@@H](CC/C(=C/c3cc(Br)ccc3O)c3ccccn3)OB(O)C[C@@H]2[C@@H]2C(=O)N(c3cccc(B(O)O)c3)C(=O)[C@@H]2C1. The zero-order valence-corrected chi connectivity index (χ0v) is 25.6. The van der Waals surface area contributed by atoms with Gasteiger partial charge in [0.25, 0.3) is 0 Å². The molecule has 9 nitrogen and oxygen atoms in total. The Morgan fingerprint density at radius 2 is 1.93 bits per heavy atom. The summed E-state index contributed by atoms with van der Waals surface area (Å²) in [6, 6.07) is 17.0. The zero-order valence-electron chi connectivity index (χ0n) is 24.0. The molecule has 1 aromatic heterocycles. The van der Waals surface area contributed by atoms with E-state index in [1.54, 1.807) is 30.5 Å². The third-order valence-corrected chi connectivity index (χ3v) is 9.36. The van der Waals surface area contributed by atoms with E-state index >= 15 is 0 Å². The molecule has 2 aliphatic heterocycles. The summed E-state index contributed by atoms with van der Waals surface area (Å²) in [5, 5.41) is 40.7. The highest BCUT2D eigenvalue weighted by atomic mass is 79.9. The van der Waals surface area contributed by atoms with Crippen LogP contribution in [-0.2, 0) is 14.2 Å². The lowest BCUT2D eigenvalue weighted by Crippen LogP contribution is -2.46. The van der Waals surface area contributed by atoms with Gasteiger partial charge >= 0.3 is 14.2 Å². The third kappa shape index (κ3) is 5.80. The molecule has 0 unspecified atom stereocenters. The van der Waals surface area contributed by atoms with Crippen LogP contribution in [0.25, 0.3) is 11.6 Å². The fourth-order valence-electron chi connectivity index (χ4n) is 6.94. The van der Waals surface area contributed by atoms with E-state index in [0.29, 0.717) is 30.5 Å². The summed E-state index contributed by atoms with van der Waals surface area (Å²) in [4.78, 5) is 33.2. The van der Waals surface area contributed by atoms with Gasteiger partial charge in [0, 0.05) is 16.2 Å². The van der Waals surface area contributed by atoms with Crippen LogP contribution < -0.4 is 10.4 Å². The number of halogens is 1. The van der Waals surface area contributed by atoms with Gasteiger partial charge in [-0.25, -0.2) is 0 Å². The van der Waals surface area contributed by atoms with Crippen LogP contribution in [0.2, 0.25) is 6.32 Å². The van der Waals surface area contributed by atoms with Gasteiger partial charge in [0.1, 0.15) is 5.75 Å².